The number of fused-ring (bicyclic) bond motifs is 1. The van der Waals surface area contributed by atoms with E-state index in [9.17, 15) is 19.2 Å². The SMILES string of the molecule is CC(=O)N1C[C@@H]2[C@@H](CN(C(C)=O)CN2C(C)=O)N(C(C)=O)C1. The Morgan fingerprint density at radius 3 is 1.18 bits per heavy atom. The zero-order valence-corrected chi connectivity index (χ0v) is 13.4. The Kier molecular flexibility index (Phi) is 4.39. The fourth-order valence-electron chi connectivity index (χ4n) is 3.12. The molecule has 2 saturated heterocycles. The van der Waals surface area contributed by atoms with Crippen LogP contribution in [-0.2, 0) is 19.2 Å². The van der Waals surface area contributed by atoms with Crippen LogP contribution in [0.25, 0.3) is 0 Å². The quantitative estimate of drug-likeness (QED) is 0.578. The summed E-state index contributed by atoms with van der Waals surface area (Å²) in [6.45, 7) is 6.93. The van der Waals surface area contributed by atoms with Crippen LogP contribution in [0.2, 0.25) is 0 Å². The Morgan fingerprint density at radius 2 is 0.955 bits per heavy atom. The van der Waals surface area contributed by atoms with E-state index in [-0.39, 0.29) is 49.0 Å². The van der Waals surface area contributed by atoms with Crippen molar-refractivity contribution in [1.82, 2.24) is 19.6 Å². The minimum atomic E-state index is -0.283. The molecule has 122 valence electrons. The molecule has 0 unspecified atom stereocenters. The molecule has 2 atom stereocenters. The van der Waals surface area contributed by atoms with Gasteiger partial charge < -0.3 is 19.6 Å². The summed E-state index contributed by atoms with van der Waals surface area (Å²) < 4.78 is 0. The maximum absolute atomic E-state index is 12.0. The van der Waals surface area contributed by atoms with Crippen molar-refractivity contribution >= 4 is 23.6 Å². The van der Waals surface area contributed by atoms with Crippen molar-refractivity contribution in [2.45, 2.75) is 39.8 Å². The van der Waals surface area contributed by atoms with Crippen molar-refractivity contribution in [3.8, 4) is 0 Å². The highest BCUT2D eigenvalue weighted by Gasteiger charge is 2.45. The summed E-state index contributed by atoms with van der Waals surface area (Å²) >= 11 is 0. The summed E-state index contributed by atoms with van der Waals surface area (Å²) in [7, 11) is 0. The van der Waals surface area contributed by atoms with E-state index in [1.807, 2.05) is 0 Å². The number of carbonyl (C=O) groups excluding carboxylic acids is 4. The molecule has 0 aromatic heterocycles. The summed E-state index contributed by atoms with van der Waals surface area (Å²) in [5.74, 6) is -0.617. The van der Waals surface area contributed by atoms with Crippen LogP contribution in [0.1, 0.15) is 27.7 Å². The fraction of sp³-hybridized carbons (Fsp3) is 0.714. The Morgan fingerprint density at radius 1 is 0.636 bits per heavy atom. The largest absolute Gasteiger partial charge is 0.323 e. The van der Waals surface area contributed by atoms with Crippen LogP contribution in [-0.4, -0.2) is 81.7 Å². The molecule has 2 rings (SSSR count). The van der Waals surface area contributed by atoms with Gasteiger partial charge >= 0.3 is 0 Å². The highest BCUT2D eigenvalue weighted by molar-refractivity contribution is 5.79. The molecule has 2 aliphatic rings. The molecule has 2 fully saturated rings. The highest BCUT2D eigenvalue weighted by Crippen LogP contribution is 2.25. The number of nitrogens with zero attached hydrogens (tertiary/aromatic N) is 4. The molecule has 2 aliphatic heterocycles. The molecular weight excluding hydrogens is 288 g/mol. The standard InChI is InChI=1S/C14H22N4O4/c1-9(19)15-5-13-14(17(7-15)11(3)21)6-16(10(2)20)8-18(13)12(4)22/h13-14H,5-8H2,1-4H3/t13-,14-/m1/s1. The normalized spacial score (nSPS) is 24.9. The predicted molar refractivity (Wildman–Crippen MR) is 77.1 cm³/mol. The van der Waals surface area contributed by atoms with Crippen LogP contribution in [0.5, 0.6) is 0 Å². The van der Waals surface area contributed by atoms with E-state index < -0.39 is 0 Å². The molecule has 0 N–H and O–H groups in total. The minimum Gasteiger partial charge on any atom is -0.323 e. The van der Waals surface area contributed by atoms with Crippen molar-refractivity contribution < 1.29 is 19.2 Å². The first-order valence-corrected chi connectivity index (χ1v) is 7.27. The lowest BCUT2D eigenvalue weighted by Crippen LogP contribution is -2.72. The Hall–Kier alpha value is -2.12. The molecular formula is C14H22N4O4. The first-order valence-electron chi connectivity index (χ1n) is 7.27. The van der Waals surface area contributed by atoms with Crippen LogP contribution in [0.4, 0.5) is 0 Å². The van der Waals surface area contributed by atoms with Crippen molar-refractivity contribution in [3.63, 3.8) is 0 Å². The van der Waals surface area contributed by atoms with Gasteiger partial charge in [-0.05, 0) is 0 Å². The molecule has 8 nitrogen and oxygen atoms in total. The van der Waals surface area contributed by atoms with Crippen LogP contribution in [0.15, 0.2) is 0 Å². The molecule has 0 aromatic carbocycles. The van der Waals surface area contributed by atoms with Gasteiger partial charge in [-0.1, -0.05) is 0 Å². The summed E-state index contributed by atoms with van der Waals surface area (Å²) in [4.78, 5) is 53.6. The number of amides is 4. The first kappa shape index (κ1) is 16.3. The lowest BCUT2D eigenvalue weighted by atomic mass is 9.98. The topological polar surface area (TPSA) is 81.2 Å². The fourth-order valence-corrected chi connectivity index (χ4v) is 3.12. The zero-order valence-electron chi connectivity index (χ0n) is 13.4. The molecule has 0 spiro atoms. The second-order valence-corrected chi connectivity index (χ2v) is 5.88. The van der Waals surface area contributed by atoms with Gasteiger partial charge in [-0.15, -0.1) is 0 Å². The van der Waals surface area contributed by atoms with E-state index in [1.165, 1.54) is 27.7 Å². The molecule has 0 bridgehead atoms. The molecule has 0 aromatic rings. The summed E-state index contributed by atoms with van der Waals surface area (Å²) in [5.41, 5.74) is 0. The van der Waals surface area contributed by atoms with E-state index in [1.54, 1.807) is 19.6 Å². The van der Waals surface area contributed by atoms with Gasteiger partial charge in [0.15, 0.2) is 0 Å². The highest BCUT2D eigenvalue weighted by atomic mass is 16.2. The predicted octanol–water partition coefficient (Wildman–Crippen LogP) is -0.940. The third-order valence-corrected chi connectivity index (χ3v) is 4.41. The van der Waals surface area contributed by atoms with Gasteiger partial charge in [-0.3, -0.25) is 19.2 Å². The van der Waals surface area contributed by atoms with Crippen molar-refractivity contribution in [1.29, 1.82) is 0 Å². The summed E-state index contributed by atoms with van der Waals surface area (Å²) in [6, 6.07) is -0.565. The molecule has 2 heterocycles. The second-order valence-electron chi connectivity index (χ2n) is 5.88. The van der Waals surface area contributed by atoms with Gasteiger partial charge in [0.1, 0.15) is 0 Å². The maximum Gasteiger partial charge on any atom is 0.221 e. The first-order chi connectivity index (χ1) is 10.2. The van der Waals surface area contributed by atoms with Gasteiger partial charge in [-0.2, -0.15) is 0 Å². The number of carbonyl (C=O) groups is 4. The molecule has 0 radical (unpaired) electrons. The van der Waals surface area contributed by atoms with Gasteiger partial charge in [-0.25, -0.2) is 0 Å². The van der Waals surface area contributed by atoms with E-state index in [0.717, 1.165) is 0 Å². The van der Waals surface area contributed by atoms with Crippen LogP contribution in [0, 0.1) is 0 Å². The van der Waals surface area contributed by atoms with Gasteiger partial charge in [0, 0.05) is 40.8 Å². The molecule has 0 aliphatic carbocycles. The Labute approximate surface area is 129 Å². The van der Waals surface area contributed by atoms with Gasteiger partial charge in [0.25, 0.3) is 0 Å². The lowest BCUT2D eigenvalue weighted by molar-refractivity contribution is -0.166. The summed E-state index contributed by atoms with van der Waals surface area (Å²) in [6.07, 6.45) is 0. The molecule has 8 heteroatoms. The van der Waals surface area contributed by atoms with Crippen LogP contribution >= 0.6 is 0 Å². The maximum atomic E-state index is 12.0. The zero-order chi connectivity index (χ0) is 16.6. The summed E-state index contributed by atoms with van der Waals surface area (Å²) in [5, 5.41) is 0. The average molecular weight is 310 g/mol. The third kappa shape index (κ3) is 2.90. The number of hydrogen-bond acceptors (Lipinski definition) is 4. The molecule has 4 amide bonds. The van der Waals surface area contributed by atoms with E-state index >= 15 is 0 Å². The molecule has 22 heavy (non-hydrogen) atoms. The van der Waals surface area contributed by atoms with Gasteiger partial charge in [0.05, 0.1) is 25.4 Å². The van der Waals surface area contributed by atoms with Crippen molar-refractivity contribution in [2.75, 3.05) is 26.4 Å². The van der Waals surface area contributed by atoms with Crippen LogP contribution in [0.3, 0.4) is 0 Å². The Balaban J connectivity index is 2.36. The van der Waals surface area contributed by atoms with E-state index in [2.05, 4.69) is 0 Å². The minimum absolute atomic E-state index is 0.137. The monoisotopic (exact) mass is 310 g/mol. The number of rotatable bonds is 0. The van der Waals surface area contributed by atoms with Crippen molar-refractivity contribution in [3.05, 3.63) is 0 Å². The smallest absolute Gasteiger partial charge is 0.221 e. The third-order valence-electron chi connectivity index (χ3n) is 4.41. The van der Waals surface area contributed by atoms with Crippen molar-refractivity contribution in [2.24, 2.45) is 0 Å². The second kappa shape index (κ2) is 5.94. The van der Waals surface area contributed by atoms with E-state index in [0.29, 0.717) is 13.1 Å². The lowest BCUT2D eigenvalue weighted by Gasteiger charge is -2.54. The molecule has 0 saturated carbocycles. The Bertz CT molecular complexity index is 475. The van der Waals surface area contributed by atoms with Crippen LogP contribution < -0.4 is 0 Å². The average Bonchev–Trinajstić information content (AvgIpc) is 2.44. The van der Waals surface area contributed by atoms with E-state index in [4.69, 9.17) is 0 Å². The van der Waals surface area contributed by atoms with Gasteiger partial charge in [0.2, 0.25) is 23.6 Å². The number of hydrogen-bond donors (Lipinski definition) is 0.